The fourth-order valence-electron chi connectivity index (χ4n) is 2.55. The topological polar surface area (TPSA) is 66.5 Å². The van der Waals surface area contributed by atoms with E-state index in [2.05, 4.69) is 39.8 Å². The van der Waals surface area contributed by atoms with Gasteiger partial charge in [0.1, 0.15) is 0 Å². The van der Waals surface area contributed by atoms with Gasteiger partial charge in [-0.1, -0.05) is 25.5 Å². The van der Waals surface area contributed by atoms with Gasteiger partial charge in [0.05, 0.1) is 6.54 Å². The Labute approximate surface area is 90.0 Å². The number of tetrazole rings is 1. The van der Waals surface area contributed by atoms with Crippen LogP contribution in [0.4, 0.5) is 0 Å². The second kappa shape index (κ2) is 4.70. The predicted octanol–water partition coefficient (Wildman–Crippen LogP) is 1.11. The third-order valence-corrected chi connectivity index (χ3v) is 3.43. The Morgan fingerprint density at radius 1 is 1.33 bits per heavy atom. The highest BCUT2D eigenvalue weighted by molar-refractivity contribution is 4.85. The Balaban J connectivity index is 1.86. The molecular formula is C10H19N5. The smallest absolute Gasteiger partial charge is 0.188 e. The van der Waals surface area contributed by atoms with Crippen molar-refractivity contribution in [2.75, 3.05) is 0 Å². The van der Waals surface area contributed by atoms with Crippen molar-refractivity contribution < 1.29 is 0 Å². The minimum absolute atomic E-state index is 0.595. The minimum Gasteiger partial charge on any atom is -0.306 e. The number of nitrogens with one attached hydrogen (secondary N) is 2. The Kier molecular flexibility index (Phi) is 3.30. The summed E-state index contributed by atoms with van der Waals surface area (Å²) in [4.78, 5) is 0. The molecule has 0 radical (unpaired) electrons. The molecule has 2 rings (SSSR count). The lowest BCUT2D eigenvalue weighted by molar-refractivity contribution is 0.206. The molecule has 0 aromatic carbocycles. The third-order valence-electron chi connectivity index (χ3n) is 3.43. The summed E-state index contributed by atoms with van der Waals surface area (Å²) >= 11 is 0. The van der Waals surface area contributed by atoms with E-state index < -0.39 is 0 Å². The van der Waals surface area contributed by atoms with Crippen molar-refractivity contribution in [1.29, 1.82) is 0 Å². The van der Waals surface area contributed by atoms with Gasteiger partial charge in [0, 0.05) is 6.04 Å². The van der Waals surface area contributed by atoms with E-state index in [0.717, 1.165) is 24.2 Å². The molecule has 1 aromatic rings. The molecule has 84 valence electrons. The first kappa shape index (κ1) is 10.5. The molecule has 2 unspecified atom stereocenters. The van der Waals surface area contributed by atoms with E-state index in [1.54, 1.807) is 0 Å². The summed E-state index contributed by atoms with van der Waals surface area (Å²) in [5.41, 5.74) is 0. The van der Waals surface area contributed by atoms with Crippen LogP contribution in [0.15, 0.2) is 0 Å². The van der Waals surface area contributed by atoms with Gasteiger partial charge in [-0.05, 0) is 24.7 Å². The number of hydrogen-bond donors (Lipinski definition) is 2. The van der Waals surface area contributed by atoms with Gasteiger partial charge in [-0.2, -0.15) is 5.21 Å². The van der Waals surface area contributed by atoms with Crippen LogP contribution in [0, 0.1) is 11.8 Å². The van der Waals surface area contributed by atoms with E-state index >= 15 is 0 Å². The average Bonchev–Trinajstić information content (AvgIpc) is 2.70. The number of H-pyrrole nitrogens is 1. The van der Waals surface area contributed by atoms with E-state index in [-0.39, 0.29) is 0 Å². The van der Waals surface area contributed by atoms with Crippen molar-refractivity contribution in [1.82, 2.24) is 25.9 Å². The summed E-state index contributed by atoms with van der Waals surface area (Å²) in [5.74, 6) is 2.25. The maximum absolute atomic E-state index is 3.94. The van der Waals surface area contributed by atoms with E-state index in [9.17, 15) is 0 Å². The van der Waals surface area contributed by atoms with Gasteiger partial charge in [-0.25, -0.2) is 0 Å². The molecule has 1 fully saturated rings. The Morgan fingerprint density at radius 3 is 2.67 bits per heavy atom. The molecule has 2 atom stereocenters. The zero-order valence-corrected chi connectivity index (χ0v) is 9.40. The van der Waals surface area contributed by atoms with Crippen molar-refractivity contribution in [3.8, 4) is 0 Å². The summed E-state index contributed by atoms with van der Waals surface area (Å²) in [6, 6.07) is 0.595. The molecule has 5 nitrogen and oxygen atoms in total. The number of aromatic amines is 1. The fourth-order valence-corrected chi connectivity index (χ4v) is 2.55. The molecule has 1 aromatic heterocycles. The molecule has 0 amide bonds. The standard InChI is InChI=1S/C10H19N5/c1-7-4-3-5-8(2)10(7)11-6-9-12-14-15-13-9/h7-8,10-11H,3-6H2,1-2H3,(H,12,13,14,15). The molecule has 1 aliphatic rings. The van der Waals surface area contributed by atoms with Crippen LogP contribution < -0.4 is 5.32 Å². The summed E-state index contributed by atoms with van der Waals surface area (Å²) in [6.07, 6.45) is 4.02. The molecule has 0 saturated heterocycles. The number of aromatic nitrogens is 4. The normalized spacial score (nSPS) is 31.7. The first-order valence-electron chi connectivity index (χ1n) is 5.73. The maximum Gasteiger partial charge on any atom is 0.188 e. The first-order valence-corrected chi connectivity index (χ1v) is 5.73. The monoisotopic (exact) mass is 209 g/mol. The van der Waals surface area contributed by atoms with Crippen molar-refractivity contribution in [3.05, 3.63) is 5.82 Å². The number of rotatable bonds is 3. The van der Waals surface area contributed by atoms with E-state index in [0.29, 0.717) is 6.04 Å². The Morgan fingerprint density at radius 2 is 2.07 bits per heavy atom. The van der Waals surface area contributed by atoms with Crippen LogP contribution in [-0.4, -0.2) is 26.7 Å². The SMILES string of the molecule is CC1CCCC(C)C1NCc1nn[nH]n1. The minimum atomic E-state index is 0.595. The van der Waals surface area contributed by atoms with Crippen molar-refractivity contribution in [2.45, 2.75) is 45.7 Å². The largest absolute Gasteiger partial charge is 0.306 e. The third kappa shape index (κ3) is 2.53. The van der Waals surface area contributed by atoms with Crippen LogP contribution in [-0.2, 0) is 6.54 Å². The summed E-state index contributed by atoms with van der Waals surface area (Å²) in [6.45, 7) is 5.36. The average molecular weight is 209 g/mol. The molecule has 0 spiro atoms. The molecule has 2 N–H and O–H groups in total. The lowest BCUT2D eigenvalue weighted by atomic mass is 9.79. The van der Waals surface area contributed by atoms with Gasteiger partial charge in [-0.15, -0.1) is 10.2 Å². The highest BCUT2D eigenvalue weighted by Gasteiger charge is 2.27. The van der Waals surface area contributed by atoms with Crippen LogP contribution in [0.3, 0.4) is 0 Å². The van der Waals surface area contributed by atoms with Crippen molar-refractivity contribution in [2.24, 2.45) is 11.8 Å². The second-order valence-corrected chi connectivity index (χ2v) is 4.62. The van der Waals surface area contributed by atoms with Gasteiger partial charge in [0.25, 0.3) is 0 Å². The van der Waals surface area contributed by atoms with Crippen LogP contribution in [0.2, 0.25) is 0 Å². The van der Waals surface area contributed by atoms with Crippen molar-refractivity contribution in [3.63, 3.8) is 0 Å². The van der Waals surface area contributed by atoms with E-state index in [1.807, 2.05) is 0 Å². The molecule has 1 heterocycles. The van der Waals surface area contributed by atoms with Crippen LogP contribution in [0.25, 0.3) is 0 Å². The van der Waals surface area contributed by atoms with E-state index in [1.165, 1.54) is 19.3 Å². The van der Waals surface area contributed by atoms with Crippen LogP contribution >= 0.6 is 0 Å². The second-order valence-electron chi connectivity index (χ2n) is 4.62. The molecular weight excluding hydrogens is 190 g/mol. The Hall–Kier alpha value is -0.970. The van der Waals surface area contributed by atoms with E-state index in [4.69, 9.17) is 0 Å². The molecule has 1 aliphatic carbocycles. The predicted molar refractivity (Wildman–Crippen MR) is 57.0 cm³/mol. The maximum atomic E-state index is 3.94. The number of hydrogen-bond acceptors (Lipinski definition) is 4. The fraction of sp³-hybridized carbons (Fsp3) is 0.900. The molecule has 1 saturated carbocycles. The molecule has 0 aliphatic heterocycles. The van der Waals surface area contributed by atoms with Gasteiger partial charge >= 0.3 is 0 Å². The lowest BCUT2D eigenvalue weighted by Gasteiger charge is -2.35. The first-order chi connectivity index (χ1) is 7.27. The Bertz CT molecular complexity index is 274. The van der Waals surface area contributed by atoms with Gasteiger partial charge in [0.2, 0.25) is 0 Å². The lowest BCUT2D eigenvalue weighted by Crippen LogP contribution is -2.42. The zero-order chi connectivity index (χ0) is 10.7. The molecule has 5 heteroatoms. The number of nitrogens with zero attached hydrogens (tertiary/aromatic N) is 3. The summed E-state index contributed by atoms with van der Waals surface area (Å²) < 4.78 is 0. The summed E-state index contributed by atoms with van der Waals surface area (Å²) in [5, 5.41) is 17.4. The highest BCUT2D eigenvalue weighted by Crippen LogP contribution is 2.28. The summed E-state index contributed by atoms with van der Waals surface area (Å²) in [7, 11) is 0. The quantitative estimate of drug-likeness (QED) is 0.782. The van der Waals surface area contributed by atoms with Crippen LogP contribution in [0.5, 0.6) is 0 Å². The molecule has 0 bridgehead atoms. The molecule has 15 heavy (non-hydrogen) atoms. The zero-order valence-electron chi connectivity index (χ0n) is 9.40. The van der Waals surface area contributed by atoms with Gasteiger partial charge < -0.3 is 5.32 Å². The van der Waals surface area contributed by atoms with Crippen molar-refractivity contribution >= 4 is 0 Å². The van der Waals surface area contributed by atoms with Crippen LogP contribution in [0.1, 0.15) is 38.9 Å². The van der Waals surface area contributed by atoms with Gasteiger partial charge in [0.15, 0.2) is 5.82 Å². The highest BCUT2D eigenvalue weighted by atomic mass is 15.5. The van der Waals surface area contributed by atoms with Gasteiger partial charge in [-0.3, -0.25) is 0 Å².